The Morgan fingerprint density at radius 2 is 1.88 bits per heavy atom. The van der Waals surface area contributed by atoms with E-state index in [4.69, 9.17) is 11.6 Å². The zero-order chi connectivity index (χ0) is 17.3. The summed E-state index contributed by atoms with van der Waals surface area (Å²) in [5.74, 6) is 6.70. The van der Waals surface area contributed by atoms with Crippen molar-refractivity contribution in [3.63, 3.8) is 0 Å². The molecule has 3 rings (SSSR count). The molecule has 0 aliphatic carbocycles. The van der Waals surface area contributed by atoms with Gasteiger partial charge in [0.15, 0.2) is 0 Å². The number of benzene rings is 1. The molecule has 0 fully saturated rings. The molecule has 0 saturated carbocycles. The van der Waals surface area contributed by atoms with Gasteiger partial charge in [-0.2, -0.15) is 0 Å². The van der Waals surface area contributed by atoms with Crippen molar-refractivity contribution in [1.29, 1.82) is 0 Å². The van der Waals surface area contributed by atoms with E-state index in [1.54, 1.807) is 37.4 Å². The second-order valence-electron chi connectivity index (χ2n) is 5.48. The van der Waals surface area contributed by atoms with Crippen LogP contribution in [0.3, 0.4) is 0 Å². The Bertz CT molecular complexity index is 980. The largest absolute Gasteiger partial charge is 0.300 e. The summed E-state index contributed by atoms with van der Waals surface area (Å²) >= 11 is 5.87. The predicted molar refractivity (Wildman–Crippen MR) is 93.0 cm³/mol. The molecule has 5 heteroatoms. The van der Waals surface area contributed by atoms with Gasteiger partial charge in [0.2, 0.25) is 0 Å². The average Bonchev–Trinajstić information content (AvgIpc) is 2.82. The van der Waals surface area contributed by atoms with Crippen LogP contribution in [0.2, 0.25) is 5.15 Å². The number of nitrogens with zero attached hydrogens (tertiary/aromatic N) is 3. The van der Waals surface area contributed by atoms with Crippen LogP contribution in [0.25, 0.3) is 5.69 Å². The summed E-state index contributed by atoms with van der Waals surface area (Å²) in [7, 11) is 0. The van der Waals surface area contributed by atoms with Crippen LogP contribution in [-0.4, -0.2) is 14.5 Å². The molecule has 0 radical (unpaired) electrons. The first-order valence-electron chi connectivity index (χ1n) is 7.42. The lowest BCUT2D eigenvalue weighted by atomic mass is 10.2. The predicted octanol–water partition coefficient (Wildman–Crippen LogP) is 4.38. The Kier molecular flexibility index (Phi) is 4.37. The third-order valence-corrected chi connectivity index (χ3v) is 3.93. The van der Waals surface area contributed by atoms with Crippen molar-refractivity contribution in [2.45, 2.75) is 20.8 Å². The molecule has 2 aromatic heterocycles. The lowest BCUT2D eigenvalue weighted by Crippen LogP contribution is -2.00. The van der Waals surface area contributed by atoms with Crippen molar-refractivity contribution in [3.05, 3.63) is 75.8 Å². The van der Waals surface area contributed by atoms with Gasteiger partial charge in [0, 0.05) is 17.4 Å². The van der Waals surface area contributed by atoms with E-state index >= 15 is 0 Å². The van der Waals surface area contributed by atoms with Crippen molar-refractivity contribution in [2.75, 3.05) is 0 Å². The number of pyridine rings is 1. The van der Waals surface area contributed by atoms with E-state index in [1.807, 2.05) is 18.4 Å². The van der Waals surface area contributed by atoms with E-state index in [9.17, 15) is 4.39 Å². The van der Waals surface area contributed by atoms with Gasteiger partial charge in [-0.05, 0) is 62.6 Å². The molecule has 0 unspecified atom stereocenters. The lowest BCUT2D eigenvalue weighted by molar-refractivity contribution is 0.618. The Morgan fingerprint density at radius 1 is 1.08 bits per heavy atom. The zero-order valence-corrected chi connectivity index (χ0v) is 14.3. The molecule has 0 atom stereocenters. The van der Waals surface area contributed by atoms with E-state index in [0.29, 0.717) is 16.4 Å². The first kappa shape index (κ1) is 16.2. The SMILES string of the molecule is Cc1cc(-n2c(C)nc(C#Cc3ccnc(Cl)c3)c2C)ccc1F. The highest BCUT2D eigenvalue weighted by Gasteiger charge is 2.12. The molecule has 3 aromatic rings. The highest BCUT2D eigenvalue weighted by molar-refractivity contribution is 6.29. The molecule has 0 saturated heterocycles. The maximum Gasteiger partial charge on any atom is 0.135 e. The Balaban J connectivity index is 2.03. The van der Waals surface area contributed by atoms with E-state index < -0.39 is 0 Å². The molecule has 0 spiro atoms. The smallest absolute Gasteiger partial charge is 0.135 e. The molecule has 3 nitrogen and oxygen atoms in total. The molecule has 24 heavy (non-hydrogen) atoms. The molecular weight excluding hydrogens is 325 g/mol. The van der Waals surface area contributed by atoms with Crippen LogP contribution in [0.1, 0.15) is 28.3 Å². The third-order valence-electron chi connectivity index (χ3n) is 3.73. The normalized spacial score (nSPS) is 10.4. The number of hydrogen-bond acceptors (Lipinski definition) is 2. The van der Waals surface area contributed by atoms with Gasteiger partial charge in [-0.1, -0.05) is 17.5 Å². The van der Waals surface area contributed by atoms with Crippen LogP contribution in [0.5, 0.6) is 0 Å². The summed E-state index contributed by atoms with van der Waals surface area (Å²) in [5, 5.41) is 0.405. The van der Waals surface area contributed by atoms with Crippen LogP contribution < -0.4 is 0 Å². The quantitative estimate of drug-likeness (QED) is 0.486. The van der Waals surface area contributed by atoms with Gasteiger partial charge in [-0.25, -0.2) is 14.4 Å². The summed E-state index contributed by atoms with van der Waals surface area (Å²) in [4.78, 5) is 8.46. The van der Waals surface area contributed by atoms with Crippen molar-refractivity contribution >= 4 is 11.6 Å². The van der Waals surface area contributed by atoms with Gasteiger partial charge in [-0.3, -0.25) is 4.57 Å². The average molecular weight is 340 g/mol. The van der Waals surface area contributed by atoms with Crippen molar-refractivity contribution in [3.8, 4) is 17.5 Å². The van der Waals surface area contributed by atoms with Crippen molar-refractivity contribution in [1.82, 2.24) is 14.5 Å². The summed E-state index contributed by atoms with van der Waals surface area (Å²) in [6.07, 6.45) is 1.62. The lowest BCUT2D eigenvalue weighted by Gasteiger charge is -2.09. The van der Waals surface area contributed by atoms with E-state index in [2.05, 4.69) is 21.8 Å². The van der Waals surface area contributed by atoms with Gasteiger partial charge >= 0.3 is 0 Å². The number of aromatic nitrogens is 3. The van der Waals surface area contributed by atoms with Gasteiger partial charge in [-0.15, -0.1) is 0 Å². The summed E-state index contributed by atoms with van der Waals surface area (Å²) in [6, 6.07) is 8.51. The van der Waals surface area contributed by atoms with Gasteiger partial charge in [0.1, 0.15) is 22.5 Å². The highest BCUT2D eigenvalue weighted by atomic mass is 35.5. The fourth-order valence-corrected chi connectivity index (χ4v) is 2.69. The van der Waals surface area contributed by atoms with Crippen LogP contribution in [0.4, 0.5) is 4.39 Å². The summed E-state index contributed by atoms with van der Waals surface area (Å²) in [5.41, 5.74) is 3.84. The van der Waals surface area contributed by atoms with Gasteiger partial charge in [0.05, 0.1) is 5.69 Å². The number of imidazole rings is 1. The second kappa shape index (κ2) is 6.46. The van der Waals surface area contributed by atoms with Gasteiger partial charge in [0.25, 0.3) is 0 Å². The Hall–Kier alpha value is -2.64. The number of aryl methyl sites for hydroxylation is 2. The molecule has 0 amide bonds. The second-order valence-corrected chi connectivity index (χ2v) is 5.87. The van der Waals surface area contributed by atoms with Crippen LogP contribution in [-0.2, 0) is 0 Å². The topological polar surface area (TPSA) is 30.7 Å². The maximum atomic E-state index is 13.5. The molecule has 2 heterocycles. The van der Waals surface area contributed by atoms with Crippen LogP contribution in [0.15, 0.2) is 36.5 Å². The van der Waals surface area contributed by atoms with Crippen LogP contribution in [0, 0.1) is 38.4 Å². The molecular formula is C19H15ClFN3. The Labute approximate surface area is 145 Å². The monoisotopic (exact) mass is 339 g/mol. The van der Waals surface area contributed by atoms with E-state index in [-0.39, 0.29) is 5.82 Å². The first-order valence-corrected chi connectivity index (χ1v) is 7.79. The Morgan fingerprint density at radius 3 is 2.58 bits per heavy atom. The van der Waals surface area contributed by atoms with Crippen LogP contribution >= 0.6 is 11.6 Å². The third kappa shape index (κ3) is 3.17. The molecule has 0 N–H and O–H groups in total. The molecule has 0 bridgehead atoms. The molecule has 0 aliphatic rings. The molecule has 1 aromatic carbocycles. The van der Waals surface area contributed by atoms with E-state index in [1.165, 1.54) is 6.07 Å². The fraction of sp³-hybridized carbons (Fsp3) is 0.158. The molecule has 0 aliphatic heterocycles. The van der Waals surface area contributed by atoms with Crippen molar-refractivity contribution < 1.29 is 4.39 Å². The minimum atomic E-state index is -0.219. The highest BCUT2D eigenvalue weighted by Crippen LogP contribution is 2.20. The zero-order valence-electron chi connectivity index (χ0n) is 13.6. The maximum absolute atomic E-state index is 13.5. The first-order chi connectivity index (χ1) is 11.5. The van der Waals surface area contributed by atoms with Crippen molar-refractivity contribution in [2.24, 2.45) is 0 Å². The number of halogens is 2. The standard InChI is InChI=1S/C19H15ClFN3/c1-12-10-16(5-6-17(12)21)24-13(2)18(23-14(24)3)7-4-15-8-9-22-19(20)11-15/h5-6,8-11H,1-3H3. The van der Waals surface area contributed by atoms with Gasteiger partial charge < -0.3 is 0 Å². The fourth-order valence-electron chi connectivity index (χ4n) is 2.52. The molecule has 120 valence electrons. The minimum absolute atomic E-state index is 0.219. The minimum Gasteiger partial charge on any atom is -0.300 e. The summed E-state index contributed by atoms with van der Waals surface area (Å²) < 4.78 is 15.5. The van der Waals surface area contributed by atoms with E-state index in [0.717, 1.165) is 22.8 Å². The number of hydrogen-bond donors (Lipinski definition) is 0. The number of rotatable bonds is 1. The summed E-state index contributed by atoms with van der Waals surface area (Å²) in [6.45, 7) is 5.59.